The van der Waals surface area contributed by atoms with Crippen LogP contribution in [-0.2, 0) is 23.7 Å². The number of nitrogens with two attached hydrogens (primary N) is 6. The molecule has 3 rings (SSSR count). The molecule has 0 aromatic carbocycles. The van der Waals surface area contributed by atoms with E-state index >= 15 is 0 Å². The first kappa shape index (κ1) is 38.1. The maximum atomic E-state index is 10.8. The van der Waals surface area contributed by atoms with Gasteiger partial charge in [-0.1, -0.05) is 0 Å². The summed E-state index contributed by atoms with van der Waals surface area (Å²) in [6.45, 7) is -2.00. The molecular formula is C25H50N6O14. The second-order valence-corrected chi connectivity index (χ2v) is 11.7. The maximum Gasteiger partial charge on any atom is 0.199 e. The topological polar surface area (TPSA) is 384 Å². The zero-order chi connectivity index (χ0) is 33.7. The van der Waals surface area contributed by atoms with Gasteiger partial charge in [-0.2, -0.15) is 0 Å². The third-order valence-corrected chi connectivity index (χ3v) is 8.39. The Morgan fingerprint density at radius 1 is 0.756 bits per heavy atom. The van der Waals surface area contributed by atoms with E-state index in [0.717, 1.165) is 0 Å². The van der Waals surface area contributed by atoms with E-state index in [9.17, 15) is 46.0 Å². The average molecular weight is 659 g/mol. The SMILES string of the molecule is N/C(=C(/OCOC1C(N)[C@@H](O[C@@H]2C(N)C[C@@H](N)C(O)C2O)OC(CO)[C@H]1O)[C@@H](O)CCO)[C@@H](O)O[C@H]1C(N)C[C@H](N)C(O)C1O. The van der Waals surface area contributed by atoms with E-state index < -0.39 is 135 Å². The van der Waals surface area contributed by atoms with E-state index in [2.05, 4.69) is 0 Å². The Balaban J connectivity index is 1.72. The molecule has 0 bridgehead atoms. The maximum absolute atomic E-state index is 10.8. The van der Waals surface area contributed by atoms with Gasteiger partial charge in [-0.25, -0.2) is 0 Å². The Labute approximate surface area is 259 Å². The molecule has 0 aromatic rings. The molecule has 3 fully saturated rings. The molecule has 0 spiro atoms. The molecule has 1 aliphatic heterocycles. The summed E-state index contributed by atoms with van der Waals surface area (Å²) in [5.41, 5.74) is 35.3. The highest BCUT2D eigenvalue weighted by atomic mass is 16.7. The second-order valence-electron chi connectivity index (χ2n) is 11.7. The third kappa shape index (κ3) is 8.76. The Morgan fingerprint density at radius 3 is 1.87 bits per heavy atom. The Bertz CT molecular complexity index is 958. The Hall–Kier alpha value is -1.38. The molecule has 45 heavy (non-hydrogen) atoms. The van der Waals surface area contributed by atoms with Gasteiger partial charge in [0.15, 0.2) is 25.1 Å². The van der Waals surface area contributed by atoms with Crippen LogP contribution < -0.4 is 34.4 Å². The monoisotopic (exact) mass is 658 g/mol. The summed E-state index contributed by atoms with van der Waals surface area (Å²) in [6, 6.07) is -4.64. The van der Waals surface area contributed by atoms with Crippen molar-refractivity contribution in [3.63, 3.8) is 0 Å². The first-order chi connectivity index (χ1) is 21.1. The van der Waals surface area contributed by atoms with Gasteiger partial charge < -0.3 is 104 Å². The normalized spacial score (nSPS) is 44.6. The van der Waals surface area contributed by atoms with Crippen LogP contribution in [0, 0.1) is 0 Å². The average Bonchev–Trinajstić information content (AvgIpc) is 2.99. The molecule has 2 aliphatic carbocycles. The smallest absolute Gasteiger partial charge is 0.199 e. The third-order valence-electron chi connectivity index (χ3n) is 8.39. The van der Waals surface area contributed by atoms with Crippen molar-refractivity contribution in [2.24, 2.45) is 34.4 Å². The zero-order valence-electron chi connectivity index (χ0n) is 24.6. The molecule has 0 radical (unpaired) electrons. The molecule has 20 heteroatoms. The van der Waals surface area contributed by atoms with E-state index in [-0.39, 0.29) is 19.3 Å². The molecule has 0 amide bonds. The van der Waals surface area contributed by atoms with E-state index in [1.165, 1.54) is 0 Å². The molecular weight excluding hydrogens is 608 g/mol. The van der Waals surface area contributed by atoms with Gasteiger partial charge in [0, 0.05) is 37.2 Å². The van der Waals surface area contributed by atoms with Crippen molar-refractivity contribution >= 4 is 0 Å². The number of ether oxygens (including phenoxy) is 5. The van der Waals surface area contributed by atoms with Crippen molar-refractivity contribution in [2.75, 3.05) is 20.0 Å². The molecule has 1 saturated heterocycles. The number of aliphatic hydroxyl groups excluding tert-OH is 9. The lowest BCUT2D eigenvalue weighted by Gasteiger charge is -2.46. The second kappa shape index (κ2) is 16.6. The van der Waals surface area contributed by atoms with Crippen molar-refractivity contribution in [1.82, 2.24) is 0 Å². The molecule has 3 aliphatic rings. The van der Waals surface area contributed by atoms with Crippen molar-refractivity contribution in [3.05, 3.63) is 11.5 Å². The Kier molecular flexibility index (Phi) is 14.1. The van der Waals surface area contributed by atoms with Gasteiger partial charge in [0.05, 0.1) is 24.9 Å². The molecule has 21 N–H and O–H groups in total. The van der Waals surface area contributed by atoms with Crippen LogP contribution in [0.1, 0.15) is 19.3 Å². The molecule has 17 atom stereocenters. The fourth-order valence-corrected chi connectivity index (χ4v) is 5.66. The number of hydrogen-bond donors (Lipinski definition) is 15. The number of hydrogen-bond acceptors (Lipinski definition) is 20. The number of aliphatic hydroxyl groups is 9. The first-order valence-electron chi connectivity index (χ1n) is 14.6. The van der Waals surface area contributed by atoms with Gasteiger partial charge in [-0.15, -0.1) is 0 Å². The lowest BCUT2D eigenvalue weighted by Crippen LogP contribution is -2.67. The summed E-state index contributed by atoms with van der Waals surface area (Å²) in [5.74, 6) is -0.504. The van der Waals surface area contributed by atoms with E-state index in [1.807, 2.05) is 0 Å². The highest BCUT2D eigenvalue weighted by Gasteiger charge is 2.49. The van der Waals surface area contributed by atoms with Crippen molar-refractivity contribution < 1.29 is 69.6 Å². The van der Waals surface area contributed by atoms with E-state index in [0.29, 0.717) is 0 Å². The summed E-state index contributed by atoms with van der Waals surface area (Å²) in [4.78, 5) is 0. The van der Waals surface area contributed by atoms with Gasteiger partial charge in [-0.05, 0) is 12.8 Å². The van der Waals surface area contributed by atoms with Gasteiger partial charge in [0.1, 0.15) is 54.5 Å². The quantitative estimate of drug-likeness (QED) is 0.0645. The van der Waals surface area contributed by atoms with Gasteiger partial charge in [-0.3, -0.25) is 0 Å². The lowest BCUT2D eigenvalue weighted by molar-refractivity contribution is -0.304. The predicted octanol–water partition coefficient (Wildman–Crippen LogP) is -8.69. The standard InChI is InChI=1S/C25H50N6O14/c26-7-3-9(28)20(18(38)15(7)35)44-24(40)13(30)22(11(34)1-2-32)41-6-42-23-14(31)25(43-12(5-33)17(23)37)45-21-10(29)4-8(27)16(36)19(21)39/h7-12,14-21,23-25,32-40H,1-6,26-31H2/b22-13+/t7-,8+,9?,10?,11-,12?,14?,15?,16?,17+,18?,19?,20-,21+,23?,24-,25+/m0/s1. The van der Waals surface area contributed by atoms with Crippen molar-refractivity contribution in [3.8, 4) is 0 Å². The van der Waals surface area contributed by atoms with Crippen molar-refractivity contribution in [2.45, 2.75) is 123 Å². The van der Waals surface area contributed by atoms with E-state index in [4.69, 9.17) is 58.1 Å². The Morgan fingerprint density at radius 2 is 1.31 bits per heavy atom. The van der Waals surface area contributed by atoms with Gasteiger partial charge in [0.25, 0.3) is 0 Å². The first-order valence-corrected chi connectivity index (χ1v) is 14.6. The van der Waals surface area contributed by atoms with Crippen LogP contribution in [0.2, 0.25) is 0 Å². The highest BCUT2D eigenvalue weighted by molar-refractivity contribution is 5.12. The molecule has 20 nitrogen and oxygen atoms in total. The fourth-order valence-electron chi connectivity index (χ4n) is 5.66. The van der Waals surface area contributed by atoms with Crippen LogP contribution >= 0.6 is 0 Å². The van der Waals surface area contributed by atoms with Crippen LogP contribution in [0.15, 0.2) is 11.5 Å². The largest absolute Gasteiger partial charge is 0.467 e. The fraction of sp³-hybridized carbons (Fsp3) is 0.920. The van der Waals surface area contributed by atoms with Crippen LogP contribution in [-0.4, -0.2) is 170 Å². The lowest BCUT2D eigenvalue weighted by atomic mass is 9.84. The summed E-state index contributed by atoms with van der Waals surface area (Å²) in [7, 11) is 0. The van der Waals surface area contributed by atoms with Gasteiger partial charge >= 0.3 is 0 Å². The minimum Gasteiger partial charge on any atom is -0.467 e. The van der Waals surface area contributed by atoms with Crippen molar-refractivity contribution in [1.29, 1.82) is 0 Å². The van der Waals surface area contributed by atoms with Gasteiger partial charge in [0.2, 0.25) is 0 Å². The minimum atomic E-state index is -2.03. The highest BCUT2D eigenvalue weighted by Crippen LogP contribution is 2.29. The molecule has 9 unspecified atom stereocenters. The minimum absolute atomic E-state index is 0.0521. The summed E-state index contributed by atoms with van der Waals surface area (Å²) in [6.07, 6.45) is -17.7. The van der Waals surface area contributed by atoms with E-state index in [1.54, 1.807) is 0 Å². The summed E-state index contributed by atoms with van der Waals surface area (Å²) < 4.78 is 27.9. The number of rotatable bonds is 13. The van der Waals surface area contributed by atoms with Crippen LogP contribution in [0.4, 0.5) is 0 Å². The van der Waals surface area contributed by atoms with Crippen LogP contribution in [0.25, 0.3) is 0 Å². The molecule has 1 heterocycles. The summed E-state index contributed by atoms with van der Waals surface area (Å²) >= 11 is 0. The molecule has 0 aromatic heterocycles. The molecule has 2 saturated carbocycles. The van der Waals surface area contributed by atoms with Crippen LogP contribution in [0.3, 0.4) is 0 Å². The van der Waals surface area contributed by atoms with Crippen LogP contribution in [0.5, 0.6) is 0 Å². The molecule has 264 valence electrons. The zero-order valence-corrected chi connectivity index (χ0v) is 24.6. The predicted molar refractivity (Wildman–Crippen MR) is 150 cm³/mol. The summed E-state index contributed by atoms with van der Waals surface area (Å²) in [5, 5.41) is 92.2.